The first-order valence-electron chi connectivity index (χ1n) is 6.32. The van der Waals surface area contributed by atoms with E-state index in [-0.39, 0.29) is 0 Å². The number of methoxy groups -OCH3 is 1. The van der Waals surface area contributed by atoms with Crippen LogP contribution >= 0.6 is 0 Å². The second-order valence-corrected chi connectivity index (χ2v) is 4.30. The highest BCUT2D eigenvalue weighted by Crippen LogP contribution is 2.28. The molecular weight excluding hydrogens is 238 g/mol. The fourth-order valence-electron chi connectivity index (χ4n) is 1.99. The highest BCUT2D eigenvalue weighted by molar-refractivity contribution is 5.62. The minimum atomic E-state index is 0.659. The summed E-state index contributed by atoms with van der Waals surface area (Å²) in [5.74, 6) is 0.714. The Morgan fingerprint density at radius 2 is 1.95 bits per heavy atom. The second-order valence-electron chi connectivity index (χ2n) is 4.30. The molecule has 4 nitrogen and oxygen atoms in total. The molecule has 0 bridgehead atoms. The van der Waals surface area contributed by atoms with Crippen molar-refractivity contribution in [1.82, 2.24) is 4.98 Å². The van der Waals surface area contributed by atoms with E-state index in [0.717, 1.165) is 18.8 Å². The molecule has 0 fully saturated rings. The zero-order valence-corrected chi connectivity index (χ0v) is 11.3. The number of ether oxygens (including phenoxy) is 1. The van der Waals surface area contributed by atoms with Gasteiger partial charge < -0.3 is 15.4 Å². The number of benzene rings is 1. The SMILES string of the molecule is CCN(Cc1ccncc1)c1ccc(N)c(OC)c1. The van der Waals surface area contributed by atoms with Crippen LogP contribution in [0.15, 0.2) is 42.7 Å². The van der Waals surface area contributed by atoms with Gasteiger partial charge in [0.2, 0.25) is 0 Å². The van der Waals surface area contributed by atoms with Crippen molar-refractivity contribution in [3.8, 4) is 5.75 Å². The van der Waals surface area contributed by atoms with Gasteiger partial charge in [0.1, 0.15) is 5.75 Å². The molecule has 0 aliphatic rings. The van der Waals surface area contributed by atoms with Crippen molar-refractivity contribution in [3.63, 3.8) is 0 Å². The summed E-state index contributed by atoms with van der Waals surface area (Å²) in [7, 11) is 1.63. The van der Waals surface area contributed by atoms with Gasteiger partial charge in [0, 0.05) is 37.2 Å². The maximum Gasteiger partial charge on any atom is 0.143 e. The summed E-state index contributed by atoms with van der Waals surface area (Å²) in [5, 5.41) is 0. The van der Waals surface area contributed by atoms with Gasteiger partial charge in [0.25, 0.3) is 0 Å². The number of hydrogen-bond donors (Lipinski definition) is 1. The maximum absolute atomic E-state index is 5.84. The van der Waals surface area contributed by atoms with Gasteiger partial charge in [-0.25, -0.2) is 0 Å². The third kappa shape index (κ3) is 3.16. The number of pyridine rings is 1. The molecule has 2 N–H and O–H groups in total. The lowest BCUT2D eigenvalue weighted by molar-refractivity contribution is 0.417. The molecule has 0 radical (unpaired) electrons. The molecule has 0 saturated heterocycles. The normalized spacial score (nSPS) is 10.2. The van der Waals surface area contributed by atoms with E-state index in [0.29, 0.717) is 11.4 Å². The monoisotopic (exact) mass is 257 g/mol. The van der Waals surface area contributed by atoms with Gasteiger partial charge in [-0.1, -0.05) is 0 Å². The standard InChI is InChI=1S/C15H19N3O/c1-3-18(11-12-6-8-17-9-7-12)13-4-5-14(16)15(10-13)19-2/h4-10H,3,11,16H2,1-2H3. The third-order valence-electron chi connectivity index (χ3n) is 3.09. The van der Waals surface area contributed by atoms with E-state index in [1.807, 2.05) is 42.7 Å². The van der Waals surface area contributed by atoms with Crippen LogP contribution in [-0.4, -0.2) is 18.6 Å². The highest BCUT2D eigenvalue weighted by Gasteiger charge is 2.08. The smallest absolute Gasteiger partial charge is 0.143 e. The van der Waals surface area contributed by atoms with E-state index in [1.54, 1.807) is 7.11 Å². The Bertz CT molecular complexity index is 528. The first kappa shape index (κ1) is 13.2. The first-order valence-corrected chi connectivity index (χ1v) is 6.32. The molecule has 0 unspecified atom stereocenters. The van der Waals surface area contributed by atoms with E-state index in [2.05, 4.69) is 16.8 Å². The summed E-state index contributed by atoms with van der Waals surface area (Å²) in [6.45, 7) is 3.88. The van der Waals surface area contributed by atoms with Crippen molar-refractivity contribution in [2.24, 2.45) is 0 Å². The van der Waals surface area contributed by atoms with Crippen LogP contribution in [0.5, 0.6) is 5.75 Å². The number of nitrogens with zero attached hydrogens (tertiary/aromatic N) is 2. The van der Waals surface area contributed by atoms with Crippen molar-refractivity contribution in [1.29, 1.82) is 0 Å². The Kier molecular flexibility index (Phi) is 4.23. The summed E-state index contributed by atoms with van der Waals surface area (Å²) in [6.07, 6.45) is 3.62. The number of hydrogen-bond acceptors (Lipinski definition) is 4. The van der Waals surface area contributed by atoms with Crippen LogP contribution in [0.4, 0.5) is 11.4 Å². The maximum atomic E-state index is 5.84. The van der Waals surface area contributed by atoms with E-state index < -0.39 is 0 Å². The van der Waals surface area contributed by atoms with E-state index in [9.17, 15) is 0 Å². The van der Waals surface area contributed by atoms with Gasteiger partial charge in [0.05, 0.1) is 12.8 Å². The molecular formula is C15H19N3O. The van der Waals surface area contributed by atoms with Crippen LogP contribution < -0.4 is 15.4 Å². The number of rotatable bonds is 5. The predicted octanol–water partition coefficient (Wildman–Crippen LogP) is 2.70. The first-order chi connectivity index (χ1) is 9.24. The van der Waals surface area contributed by atoms with Crippen molar-refractivity contribution in [2.75, 3.05) is 24.3 Å². The summed E-state index contributed by atoms with van der Waals surface area (Å²) in [5.41, 5.74) is 8.83. The van der Waals surface area contributed by atoms with Gasteiger partial charge in [-0.3, -0.25) is 4.98 Å². The molecule has 0 amide bonds. The molecule has 1 aromatic carbocycles. The Morgan fingerprint density at radius 3 is 2.58 bits per heavy atom. The lowest BCUT2D eigenvalue weighted by Gasteiger charge is -2.24. The van der Waals surface area contributed by atoms with Crippen LogP contribution in [0, 0.1) is 0 Å². The van der Waals surface area contributed by atoms with Crippen molar-refractivity contribution >= 4 is 11.4 Å². The Labute approximate surface area is 113 Å². The van der Waals surface area contributed by atoms with E-state index in [4.69, 9.17) is 10.5 Å². The van der Waals surface area contributed by atoms with Crippen molar-refractivity contribution in [3.05, 3.63) is 48.3 Å². The molecule has 0 aliphatic heterocycles. The van der Waals surface area contributed by atoms with Crippen molar-refractivity contribution in [2.45, 2.75) is 13.5 Å². The Hall–Kier alpha value is -2.23. The molecule has 19 heavy (non-hydrogen) atoms. The predicted molar refractivity (Wildman–Crippen MR) is 78.4 cm³/mol. The summed E-state index contributed by atoms with van der Waals surface area (Å²) >= 11 is 0. The quantitative estimate of drug-likeness (QED) is 0.837. The average Bonchev–Trinajstić information content (AvgIpc) is 2.46. The molecule has 0 aliphatic carbocycles. The lowest BCUT2D eigenvalue weighted by atomic mass is 10.2. The van der Waals surface area contributed by atoms with Crippen LogP contribution in [-0.2, 0) is 6.54 Å². The van der Waals surface area contributed by atoms with Gasteiger partial charge in [-0.2, -0.15) is 0 Å². The number of aromatic nitrogens is 1. The lowest BCUT2D eigenvalue weighted by Crippen LogP contribution is -2.22. The van der Waals surface area contributed by atoms with E-state index >= 15 is 0 Å². The highest BCUT2D eigenvalue weighted by atomic mass is 16.5. The van der Waals surface area contributed by atoms with E-state index in [1.165, 1.54) is 5.56 Å². The van der Waals surface area contributed by atoms with Gasteiger partial charge in [-0.15, -0.1) is 0 Å². The molecule has 1 heterocycles. The largest absolute Gasteiger partial charge is 0.495 e. The second kappa shape index (κ2) is 6.09. The molecule has 100 valence electrons. The minimum Gasteiger partial charge on any atom is -0.495 e. The van der Waals surface area contributed by atoms with Gasteiger partial charge >= 0.3 is 0 Å². The fraction of sp³-hybridized carbons (Fsp3) is 0.267. The summed E-state index contributed by atoms with van der Waals surface area (Å²) < 4.78 is 5.27. The van der Waals surface area contributed by atoms with Crippen LogP contribution in [0.1, 0.15) is 12.5 Å². The zero-order valence-electron chi connectivity index (χ0n) is 11.3. The Morgan fingerprint density at radius 1 is 1.21 bits per heavy atom. The van der Waals surface area contributed by atoms with Crippen LogP contribution in [0.3, 0.4) is 0 Å². The summed E-state index contributed by atoms with van der Waals surface area (Å²) in [6, 6.07) is 9.92. The summed E-state index contributed by atoms with van der Waals surface area (Å²) in [4.78, 5) is 6.30. The number of anilines is 2. The fourth-order valence-corrected chi connectivity index (χ4v) is 1.99. The van der Waals surface area contributed by atoms with Crippen molar-refractivity contribution < 1.29 is 4.74 Å². The van der Waals surface area contributed by atoms with Gasteiger partial charge in [0.15, 0.2) is 0 Å². The molecule has 1 aromatic heterocycles. The van der Waals surface area contributed by atoms with Crippen LogP contribution in [0.2, 0.25) is 0 Å². The Balaban J connectivity index is 2.22. The van der Waals surface area contributed by atoms with Crippen LogP contribution in [0.25, 0.3) is 0 Å². The molecule has 0 saturated carbocycles. The molecule has 2 aromatic rings. The minimum absolute atomic E-state index is 0.659. The molecule has 4 heteroatoms. The zero-order chi connectivity index (χ0) is 13.7. The topological polar surface area (TPSA) is 51.4 Å². The molecule has 0 atom stereocenters. The van der Waals surface area contributed by atoms with Gasteiger partial charge in [-0.05, 0) is 36.8 Å². The average molecular weight is 257 g/mol. The molecule has 0 spiro atoms. The molecule has 2 rings (SSSR count). The third-order valence-corrected chi connectivity index (χ3v) is 3.09. The number of nitrogens with two attached hydrogens (primary N) is 1. The number of nitrogen functional groups attached to an aromatic ring is 1.